The molecule has 0 amide bonds. The molecule has 1 nitrogen and oxygen atoms in total. The highest BCUT2D eigenvalue weighted by Gasteiger charge is 2.39. The number of hydrogen-bond acceptors (Lipinski definition) is 1. The Morgan fingerprint density at radius 3 is 2.33 bits per heavy atom. The van der Waals surface area contributed by atoms with E-state index in [1.165, 1.54) is 57.9 Å². The van der Waals surface area contributed by atoms with E-state index in [9.17, 15) is 0 Å². The number of halogens is 1. The molecule has 2 heteroatoms. The number of alkyl halides is 1. The van der Waals surface area contributed by atoms with E-state index in [0.717, 1.165) is 12.1 Å². The zero-order valence-electron chi connectivity index (χ0n) is 9.92. The Morgan fingerprint density at radius 1 is 1.07 bits per heavy atom. The highest BCUT2D eigenvalue weighted by atomic mass is 35.5. The predicted molar refractivity (Wildman–Crippen MR) is 66.5 cm³/mol. The van der Waals surface area contributed by atoms with Gasteiger partial charge in [0.25, 0.3) is 0 Å². The standard InChI is InChI=1S/C13H24ClN/c1-2-3-4-5-8-15-12-6-7-13(15)10-11(14)9-12/h11-13H,2-10H2,1H3. The molecule has 0 spiro atoms. The van der Waals surface area contributed by atoms with Crippen LogP contribution in [0.4, 0.5) is 0 Å². The first kappa shape index (κ1) is 11.7. The molecule has 88 valence electrons. The number of unbranched alkanes of at least 4 members (excludes halogenated alkanes) is 3. The van der Waals surface area contributed by atoms with Crippen molar-refractivity contribution in [2.45, 2.75) is 75.8 Å². The second-order valence-corrected chi connectivity index (χ2v) is 5.87. The fourth-order valence-corrected chi connectivity index (χ4v) is 3.71. The summed E-state index contributed by atoms with van der Waals surface area (Å²) in [6.07, 6.45) is 10.9. The van der Waals surface area contributed by atoms with Crippen molar-refractivity contribution in [1.82, 2.24) is 4.90 Å². The van der Waals surface area contributed by atoms with Gasteiger partial charge in [0.05, 0.1) is 0 Å². The van der Waals surface area contributed by atoms with Crippen molar-refractivity contribution in [3.05, 3.63) is 0 Å². The van der Waals surface area contributed by atoms with E-state index in [1.807, 2.05) is 0 Å². The largest absolute Gasteiger partial charge is 0.297 e. The third-order valence-corrected chi connectivity index (χ3v) is 4.45. The van der Waals surface area contributed by atoms with Crippen molar-refractivity contribution in [2.75, 3.05) is 6.54 Å². The predicted octanol–water partition coefficient (Wildman–Crippen LogP) is 3.80. The molecule has 0 radical (unpaired) electrons. The van der Waals surface area contributed by atoms with Gasteiger partial charge in [-0.1, -0.05) is 26.2 Å². The van der Waals surface area contributed by atoms with E-state index in [-0.39, 0.29) is 0 Å². The summed E-state index contributed by atoms with van der Waals surface area (Å²) in [6, 6.07) is 1.65. The molecule has 2 unspecified atom stereocenters. The highest BCUT2D eigenvalue weighted by Crippen LogP contribution is 2.37. The van der Waals surface area contributed by atoms with Gasteiger partial charge in [-0.05, 0) is 38.6 Å². The quantitative estimate of drug-likeness (QED) is 0.512. The van der Waals surface area contributed by atoms with Crippen LogP contribution in [-0.4, -0.2) is 28.9 Å². The molecular weight excluding hydrogens is 206 g/mol. The van der Waals surface area contributed by atoms with Crippen LogP contribution < -0.4 is 0 Å². The smallest absolute Gasteiger partial charge is 0.0365 e. The van der Waals surface area contributed by atoms with E-state index < -0.39 is 0 Å². The van der Waals surface area contributed by atoms with Crippen LogP contribution in [0.1, 0.15) is 58.3 Å². The summed E-state index contributed by atoms with van der Waals surface area (Å²) in [5, 5.41) is 0.467. The van der Waals surface area contributed by atoms with Gasteiger partial charge in [-0.2, -0.15) is 0 Å². The summed E-state index contributed by atoms with van der Waals surface area (Å²) in [5.74, 6) is 0. The maximum atomic E-state index is 6.27. The molecule has 2 aliphatic rings. The number of rotatable bonds is 5. The van der Waals surface area contributed by atoms with Crippen LogP contribution in [0.15, 0.2) is 0 Å². The van der Waals surface area contributed by atoms with Crippen LogP contribution in [0.3, 0.4) is 0 Å². The lowest BCUT2D eigenvalue weighted by molar-refractivity contribution is 0.140. The number of hydrogen-bond donors (Lipinski definition) is 0. The minimum absolute atomic E-state index is 0.467. The Bertz CT molecular complexity index is 181. The van der Waals surface area contributed by atoms with Gasteiger partial charge in [0, 0.05) is 17.5 Å². The average Bonchev–Trinajstić information content (AvgIpc) is 2.46. The first-order chi connectivity index (χ1) is 7.31. The van der Waals surface area contributed by atoms with Gasteiger partial charge < -0.3 is 0 Å². The molecular formula is C13H24ClN. The SMILES string of the molecule is CCCCCCN1C2CCC1CC(Cl)C2. The topological polar surface area (TPSA) is 3.24 Å². The fourth-order valence-electron chi connectivity index (χ4n) is 3.29. The van der Waals surface area contributed by atoms with Gasteiger partial charge in [-0.3, -0.25) is 4.90 Å². The monoisotopic (exact) mass is 229 g/mol. The summed E-state index contributed by atoms with van der Waals surface area (Å²) >= 11 is 6.27. The second kappa shape index (κ2) is 5.54. The molecule has 0 aromatic heterocycles. The lowest BCUT2D eigenvalue weighted by Crippen LogP contribution is -2.43. The Kier molecular flexibility index (Phi) is 4.33. The van der Waals surface area contributed by atoms with Gasteiger partial charge in [0.2, 0.25) is 0 Å². The van der Waals surface area contributed by atoms with Crippen LogP contribution >= 0.6 is 11.6 Å². The van der Waals surface area contributed by atoms with E-state index >= 15 is 0 Å². The summed E-state index contributed by atoms with van der Waals surface area (Å²) in [6.45, 7) is 3.61. The van der Waals surface area contributed by atoms with Crippen molar-refractivity contribution in [3.8, 4) is 0 Å². The maximum absolute atomic E-state index is 6.27. The molecule has 0 N–H and O–H groups in total. The maximum Gasteiger partial charge on any atom is 0.0365 e. The minimum Gasteiger partial charge on any atom is -0.297 e. The van der Waals surface area contributed by atoms with Crippen molar-refractivity contribution >= 4 is 11.6 Å². The minimum atomic E-state index is 0.467. The Morgan fingerprint density at radius 2 is 1.73 bits per heavy atom. The summed E-state index contributed by atoms with van der Waals surface area (Å²) in [7, 11) is 0. The van der Waals surface area contributed by atoms with E-state index in [2.05, 4.69) is 11.8 Å². The lowest BCUT2D eigenvalue weighted by atomic mass is 10.0. The van der Waals surface area contributed by atoms with E-state index in [0.29, 0.717) is 5.38 Å². The first-order valence-electron chi connectivity index (χ1n) is 6.71. The lowest BCUT2D eigenvalue weighted by Gasteiger charge is -2.37. The van der Waals surface area contributed by atoms with Crippen molar-refractivity contribution in [3.63, 3.8) is 0 Å². The molecule has 2 bridgehead atoms. The number of piperidine rings is 1. The fraction of sp³-hybridized carbons (Fsp3) is 1.00. The first-order valence-corrected chi connectivity index (χ1v) is 7.14. The molecule has 2 heterocycles. The van der Waals surface area contributed by atoms with Crippen LogP contribution in [-0.2, 0) is 0 Å². The summed E-state index contributed by atoms with van der Waals surface area (Å²) in [4.78, 5) is 2.76. The second-order valence-electron chi connectivity index (χ2n) is 5.25. The number of fused-ring (bicyclic) bond motifs is 2. The van der Waals surface area contributed by atoms with Gasteiger partial charge in [-0.25, -0.2) is 0 Å². The zero-order chi connectivity index (χ0) is 10.7. The van der Waals surface area contributed by atoms with Crippen molar-refractivity contribution < 1.29 is 0 Å². The Balaban J connectivity index is 1.74. The molecule has 0 aromatic carbocycles. The molecule has 2 atom stereocenters. The third-order valence-electron chi connectivity index (χ3n) is 4.10. The van der Waals surface area contributed by atoms with E-state index in [1.54, 1.807) is 0 Å². The van der Waals surface area contributed by atoms with Gasteiger partial charge in [-0.15, -0.1) is 11.6 Å². The molecule has 2 saturated heterocycles. The molecule has 0 aromatic rings. The van der Waals surface area contributed by atoms with Crippen LogP contribution in [0.2, 0.25) is 0 Å². The Hall–Kier alpha value is 0.250. The summed E-state index contributed by atoms with van der Waals surface area (Å²) < 4.78 is 0. The van der Waals surface area contributed by atoms with Crippen LogP contribution in [0.25, 0.3) is 0 Å². The molecule has 2 rings (SSSR count). The summed E-state index contributed by atoms with van der Waals surface area (Å²) in [5.41, 5.74) is 0. The highest BCUT2D eigenvalue weighted by molar-refractivity contribution is 6.20. The Labute approximate surface area is 99.2 Å². The van der Waals surface area contributed by atoms with Gasteiger partial charge in [0.15, 0.2) is 0 Å². The number of nitrogens with zero attached hydrogens (tertiary/aromatic N) is 1. The van der Waals surface area contributed by atoms with Crippen LogP contribution in [0, 0.1) is 0 Å². The molecule has 0 aliphatic carbocycles. The van der Waals surface area contributed by atoms with Gasteiger partial charge in [0.1, 0.15) is 0 Å². The average molecular weight is 230 g/mol. The van der Waals surface area contributed by atoms with Crippen molar-refractivity contribution in [1.29, 1.82) is 0 Å². The van der Waals surface area contributed by atoms with E-state index in [4.69, 9.17) is 11.6 Å². The van der Waals surface area contributed by atoms with Crippen molar-refractivity contribution in [2.24, 2.45) is 0 Å². The zero-order valence-corrected chi connectivity index (χ0v) is 10.7. The molecule has 15 heavy (non-hydrogen) atoms. The molecule has 0 saturated carbocycles. The van der Waals surface area contributed by atoms with Gasteiger partial charge >= 0.3 is 0 Å². The third kappa shape index (κ3) is 2.88. The van der Waals surface area contributed by atoms with Crippen LogP contribution in [0.5, 0.6) is 0 Å². The normalized spacial score (nSPS) is 36.0. The molecule has 2 fully saturated rings. The molecule has 2 aliphatic heterocycles.